The van der Waals surface area contributed by atoms with Gasteiger partial charge in [0.1, 0.15) is 0 Å². The standard InChI is InChI=1S/C22H26O3/c1-3-7-17(8-4-1)11-12-19-13-14-20(22-23-15-16-24-22)21(25-19)18-9-5-2-6-10-18/h1-10,19-22H,11-16H2/t19-,20-,21+/m0/s1. The second-order valence-corrected chi connectivity index (χ2v) is 6.96. The van der Waals surface area contributed by atoms with Crippen LogP contribution in [-0.2, 0) is 20.6 Å². The molecule has 0 spiro atoms. The Balaban J connectivity index is 1.45. The van der Waals surface area contributed by atoms with Gasteiger partial charge >= 0.3 is 0 Å². The average molecular weight is 338 g/mol. The number of hydrogen-bond donors (Lipinski definition) is 0. The monoisotopic (exact) mass is 338 g/mol. The molecule has 0 saturated carbocycles. The molecule has 0 unspecified atom stereocenters. The first-order chi connectivity index (χ1) is 12.4. The third kappa shape index (κ3) is 4.12. The molecule has 2 aliphatic heterocycles. The number of ether oxygens (including phenoxy) is 3. The van der Waals surface area contributed by atoms with E-state index in [2.05, 4.69) is 60.7 Å². The number of hydrogen-bond acceptors (Lipinski definition) is 3. The molecule has 2 aliphatic rings. The minimum absolute atomic E-state index is 0.0545. The molecule has 0 aromatic heterocycles. The summed E-state index contributed by atoms with van der Waals surface area (Å²) in [6.45, 7) is 1.39. The van der Waals surface area contributed by atoms with Gasteiger partial charge < -0.3 is 14.2 Å². The maximum absolute atomic E-state index is 6.56. The summed E-state index contributed by atoms with van der Waals surface area (Å²) in [5, 5.41) is 0. The Kier molecular flexibility index (Phi) is 5.46. The van der Waals surface area contributed by atoms with Gasteiger partial charge in [-0.05, 0) is 36.8 Å². The molecular formula is C22H26O3. The lowest BCUT2D eigenvalue weighted by Gasteiger charge is -2.39. The minimum atomic E-state index is -0.125. The van der Waals surface area contributed by atoms with Gasteiger partial charge in [0.05, 0.1) is 25.4 Å². The SMILES string of the molecule is c1ccc(CC[C@H]2CC[C@H](C3OCCO3)[C@@H](c3ccccc3)O2)cc1. The average Bonchev–Trinajstić information content (AvgIpc) is 3.22. The van der Waals surface area contributed by atoms with Gasteiger partial charge in [0.25, 0.3) is 0 Å². The van der Waals surface area contributed by atoms with E-state index in [1.54, 1.807) is 0 Å². The van der Waals surface area contributed by atoms with E-state index >= 15 is 0 Å². The Morgan fingerprint density at radius 1 is 0.800 bits per heavy atom. The molecule has 2 heterocycles. The predicted molar refractivity (Wildman–Crippen MR) is 97.2 cm³/mol. The first kappa shape index (κ1) is 16.8. The highest BCUT2D eigenvalue weighted by molar-refractivity contribution is 5.19. The van der Waals surface area contributed by atoms with Crippen LogP contribution >= 0.6 is 0 Å². The molecule has 3 nitrogen and oxygen atoms in total. The van der Waals surface area contributed by atoms with Gasteiger partial charge in [0.15, 0.2) is 6.29 Å². The van der Waals surface area contributed by atoms with E-state index in [0.717, 1.165) is 25.7 Å². The van der Waals surface area contributed by atoms with Crippen molar-refractivity contribution in [2.24, 2.45) is 5.92 Å². The van der Waals surface area contributed by atoms with E-state index in [4.69, 9.17) is 14.2 Å². The van der Waals surface area contributed by atoms with Crippen LogP contribution in [0.2, 0.25) is 0 Å². The normalized spacial score (nSPS) is 27.4. The first-order valence-corrected chi connectivity index (χ1v) is 9.38. The molecule has 0 radical (unpaired) electrons. The first-order valence-electron chi connectivity index (χ1n) is 9.38. The Labute approximate surface area is 149 Å². The Morgan fingerprint density at radius 3 is 2.20 bits per heavy atom. The fourth-order valence-corrected chi connectivity index (χ4v) is 3.96. The lowest BCUT2D eigenvalue weighted by Crippen LogP contribution is -2.36. The fourth-order valence-electron chi connectivity index (χ4n) is 3.96. The van der Waals surface area contributed by atoms with Gasteiger partial charge in [0, 0.05) is 5.92 Å². The zero-order chi connectivity index (χ0) is 16.9. The Bertz CT molecular complexity index is 637. The summed E-state index contributed by atoms with van der Waals surface area (Å²) in [6.07, 6.45) is 4.51. The molecule has 4 rings (SSSR count). The molecule has 2 aromatic carbocycles. The highest BCUT2D eigenvalue weighted by atomic mass is 16.7. The summed E-state index contributed by atoms with van der Waals surface area (Å²) in [7, 11) is 0. The lowest BCUT2D eigenvalue weighted by molar-refractivity contribution is -0.174. The predicted octanol–water partition coefficient (Wildman–Crippen LogP) is 4.53. The molecule has 0 N–H and O–H groups in total. The van der Waals surface area contributed by atoms with Gasteiger partial charge in [-0.2, -0.15) is 0 Å². The zero-order valence-corrected chi connectivity index (χ0v) is 14.6. The summed E-state index contributed by atoms with van der Waals surface area (Å²) in [5.41, 5.74) is 2.61. The maximum Gasteiger partial charge on any atom is 0.163 e. The highest BCUT2D eigenvalue weighted by Gasteiger charge is 2.39. The second-order valence-electron chi connectivity index (χ2n) is 6.96. The third-order valence-corrected chi connectivity index (χ3v) is 5.27. The van der Waals surface area contributed by atoms with Crippen LogP contribution in [0.3, 0.4) is 0 Å². The molecule has 3 heteroatoms. The number of benzene rings is 2. The molecule has 0 bridgehead atoms. The van der Waals surface area contributed by atoms with Gasteiger partial charge in [-0.3, -0.25) is 0 Å². The van der Waals surface area contributed by atoms with Crippen LogP contribution in [0.5, 0.6) is 0 Å². The quantitative estimate of drug-likeness (QED) is 0.802. The van der Waals surface area contributed by atoms with E-state index in [0.29, 0.717) is 19.3 Å². The van der Waals surface area contributed by atoms with Crippen molar-refractivity contribution >= 4 is 0 Å². The summed E-state index contributed by atoms with van der Waals surface area (Å²) in [6, 6.07) is 21.2. The van der Waals surface area contributed by atoms with Crippen LogP contribution in [0.4, 0.5) is 0 Å². The topological polar surface area (TPSA) is 27.7 Å². The van der Waals surface area contributed by atoms with Crippen molar-refractivity contribution in [2.45, 2.75) is 44.2 Å². The molecule has 2 fully saturated rings. The summed E-state index contributed by atoms with van der Waals surface area (Å²) in [4.78, 5) is 0. The van der Waals surface area contributed by atoms with Crippen LogP contribution in [0, 0.1) is 5.92 Å². The molecule has 2 saturated heterocycles. The van der Waals surface area contributed by atoms with Crippen molar-refractivity contribution in [1.29, 1.82) is 0 Å². The smallest absolute Gasteiger partial charge is 0.163 e. The summed E-state index contributed by atoms with van der Waals surface area (Å²) in [5.74, 6) is 0.276. The number of rotatable bonds is 5. The van der Waals surface area contributed by atoms with Crippen molar-refractivity contribution in [2.75, 3.05) is 13.2 Å². The van der Waals surface area contributed by atoms with Crippen LogP contribution in [0.1, 0.15) is 36.5 Å². The summed E-state index contributed by atoms with van der Waals surface area (Å²) < 4.78 is 18.2. The van der Waals surface area contributed by atoms with Gasteiger partial charge in [0.2, 0.25) is 0 Å². The summed E-state index contributed by atoms with van der Waals surface area (Å²) >= 11 is 0. The van der Waals surface area contributed by atoms with Crippen LogP contribution in [0.15, 0.2) is 60.7 Å². The van der Waals surface area contributed by atoms with Crippen molar-refractivity contribution in [3.63, 3.8) is 0 Å². The van der Waals surface area contributed by atoms with E-state index in [1.165, 1.54) is 11.1 Å². The van der Waals surface area contributed by atoms with Crippen molar-refractivity contribution in [3.05, 3.63) is 71.8 Å². The molecule has 0 aliphatic carbocycles. The van der Waals surface area contributed by atoms with Crippen molar-refractivity contribution in [3.8, 4) is 0 Å². The van der Waals surface area contributed by atoms with E-state index in [-0.39, 0.29) is 18.3 Å². The van der Waals surface area contributed by atoms with E-state index in [9.17, 15) is 0 Å². The Hall–Kier alpha value is -1.68. The van der Waals surface area contributed by atoms with Crippen LogP contribution < -0.4 is 0 Å². The maximum atomic E-state index is 6.56. The van der Waals surface area contributed by atoms with Gasteiger partial charge in [-0.15, -0.1) is 0 Å². The number of aryl methyl sites for hydroxylation is 1. The molecule has 2 aromatic rings. The molecule has 132 valence electrons. The van der Waals surface area contributed by atoms with Crippen molar-refractivity contribution < 1.29 is 14.2 Å². The van der Waals surface area contributed by atoms with Crippen LogP contribution in [0.25, 0.3) is 0 Å². The van der Waals surface area contributed by atoms with Crippen molar-refractivity contribution in [1.82, 2.24) is 0 Å². The second kappa shape index (κ2) is 8.13. The Morgan fingerprint density at radius 2 is 1.48 bits per heavy atom. The fraction of sp³-hybridized carbons (Fsp3) is 0.455. The largest absolute Gasteiger partial charge is 0.370 e. The lowest BCUT2D eigenvalue weighted by atomic mass is 9.85. The minimum Gasteiger partial charge on any atom is -0.370 e. The molecule has 25 heavy (non-hydrogen) atoms. The van der Waals surface area contributed by atoms with Gasteiger partial charge in [-0.1, -0.05) is 60.7 Å². The van der Waals surface area contributed by atoms with E-state index < -0.39 is 0 Å². The van der Waals surface area contributed by atoms with E-state index in [1.807, 2.05) is 0 Å². The molecule has 3 atom stereocenters. The van der Waals surface area contributed by atoms with Gasteiger partial charge in [-0.25, -0.2) is 0 Å². The molecule has 0 amide bonds. The third-order valence-electron chi connectivity index (χ3n) is 5.27. The van der Waals surface area contributed by atoms with Crippen LogP contribution in [-0.4, -0.2) is 25.6 Å². The zero-order valence-electron chi connectivity index (χ0n) is 14.6. The highest BCUT2D eigenvalue weighted by Crippen LogP contribution is 2.41. The molecular weight excluding hydrogens is 312 g/mol.